The standard InChI is InChI=1S/C19H25N3O4/c1-4-7-11-21-17(24)18(25)22(19(21)26)12-15(23)20-16-13(5-2)9-8-10-14(16)6-3/h8-10H,4-7,11-12H2,1-3H3,(H,20,23). The van der Waals surface area contributed by atoms with Crippen LogP contribution in [0.4, 0.5) is 10.5 Å². The van der Waals surface area contributed by atoms with Crippen LogP contribution in [0.15, 0.2) is 18.2 Å². The number of imide groups is 2. The summed E-state index contributed by atoms with van der Waals surface area (Å²) in [6.07, 6.45) is 2.90. The van der Waals surface area contributed by atoms with Gasteiger partial charge in [0.15, 0.2) is 0 Å². The zero-order valence-electron chi connectivity index (χ0n) is 15.5. The first-order valence-corrected chi connectivity index (χ1v) is 9.02. The number of benzene rings is 1. The van der Waals surface area contributed by atoms with E-state index in [4.69, 9.17) is 0 Å². The molecule has 7 nitrogen and oxygen atoms in total. The van der Waals surface area contributed by atoms with Crippen molar-refractivity contribution in [1.29, 1.82) is 0 Å². The second-order valence-electron chi connectivity index (χ2n) is 6.19. The molecule has 1 aromatic carbocycles. The van der Waals surface area contributed by atoms with Gasteiger partial charge in [0.2, 0.25) is 5.91 Å². The van der Waals surface area contributed by atoms with Crippen LogP contribution in [0.3, 0.4) is 0 Å². The van der Waals surface area contributed by atoms with Crippen LogP contribution in [0.25, 0.3) is 0 Å². The molecule has 0 bridgehead atoms. The van der Waals surface area contributed by atoms with E-state index in [1.54, 1.807) is 0 Å². The summed E-state index contributed by atoms with van der Waals surface area (Å²) in [5.74, 6) is -2.30. The van der Waals surface area contributed by atoms with Gasteiger partial charge in [0.25, 0.3) is 0 Å². The van der Waals surface area contributed by atoms with Crippen LogP contribution in [0.2, 0.25) is 0 Å². The van der Waals surface area contributed by atoms with Crippen LogP contribution in [0.5, 0.6) is 0 Å². The van der Waals surface area contributed by atoms with Crippen LogP contribution < -0.4 is 5.32 Å². The number of nitrogens with zero attached hydrogens (tertiary/aromatic N) is 2. The first kappa shape index (κ1) is 19.6. The first-order valence-electron chi connectivity index (χ1n) is 9.02. The lowest BCUT2D eigenvalue weighted by Crippen LogP contribution is -2.39. The van der Waals surface area contributed by atoms with E-state index in [9.17, 15) is 19.2 Å². The number of urea groups is 1. The van der Waals surface area contributed by atoms with E-state index >= 15 is 0 Å². The molecule has 1 N–H and O–H groups in total. The molecular formula is C19H25N3O4. The fourth-order valence-corrected chi connectivity index (χ4v) is 2.93. The zero-order valence-corrected chi connectivity index (χ0v) is 15.5. The molecule has 1 aliphatic heterocycles. The van der Waals surface area contributed by atoms with Gasteiger partial charge in [0.05, 0.1) is 0 Å². The number of hydrogen-bond donors (Lipinski definition) is 1. The molecule has 1 aromatic rings. The molecule has 140 valence electrons. The lowest BCUT2D eigenvalue weighted by Gasteiger charge is -2.17. The van der Waals surface area contributed by atoms with Gasteiger partial charge in [-0.05, 0) is 30.4 Å². The van der Waals surface area contributed by atoms with Gasteiger partial charge in [-0.1, -0.05) is 45.4 Å². The highest BCUT2D eigenvalue weighted by Gasteiger charge is 2.44. The number of amides is 5. The Morgan fingerprint density at radius 1 is 0.962 bits per heavy atom. The molecule has 0 aromatic heterocycles. The minimum atomic E-state index is -0.944. The summed E-state index contributed by atoms with van der Waals surface area (Å²) in [4.78, 5) is 50.4. The maximum absolute atomic E-state index is 12.4. The third-order valence-electron chi connectivity index (χ3n) is 4.44. The molecule has 2 rings (SSSR count). The SMILES string of the molecule is CCCCN1C(=O)C(=O)N(CC(=O)Nc2c(CC)cccc2CC)C1=O. The molecular weight excluding hydrogens is 334 g/mol. The monoisotopic (exact) mass is 359 g/mol. The van der Waals surface area contributed by atoms with E-state index in [0.29, 0.717) is 11.3 Å². The van der Waals surface area contributed by atoms with E-state index in [2.05, 4.69) is 5.32 Å². The number of unbranched alkanes of at least 4 members (excludes halogenated alkanes) is 1. The van der Waals surface area contributed by atoms with E-state index in [1.165, 1.54) is 0 Å². The van der Waals surface area contributed by atoms with Crippen LogP contribution in [0.1, 0.15) is 44.7 Å². The maximum Gasteiger partial charge on any atom is 0.334 e. The Bertz CT molecular complexity index is 707. The van der Waals surface area contributed by atoms with Gasteiger partial charge in [-0.2, -0.15) is 0 Å². The van der Waals surface area contributed by atoms with E-state index < -0.39 is 30.3 Å². The van der Waals surface area contributed by atoms with E-state index in [0.717, 1.165) is 41.0 Å². The van der Waals surface area contributed by atoms with Crippen molar-refractivity contribution in [3.8, 4) is 0 Å². The van der Waals surface area contributed by atoms with E-state index in [-0.39, 0.29) is 6.54 Å². The van der Waals surface area contributed by atoms with Gasteiger partial charge in [-0.25, -0.2) is 9.69 Å². The van der Waals surface area contributed by atoms with Gasteiger partial charge in [0, 0.05) is 12.2 Å². The smallest absolute Gasteiger partial charge is 0.324 e. The Hall–Kier alpha value is -2.70. The average molecular weight is 359 g/mol. The third kappa shape index (κ3) is 3.92. The summed E-state index contributed by atoms with van der Waals surface area (Å²) in [7, 11) is 0. The van der Waals surface area contributed by atoms with Crippen molar-refractivity contribution in [3.63, 3.8) is 0 Å². The number of aryl methyl sites for hydroxylation is 2. The molecule has 0 spiro atoms. The van der Waals surface area contributed by atoms with Crippen molar-refractivity contribution in [1.82, 2.24) is 9.80 Å². The van der Waals surface area contributed by atoms with Crippen LogP contribution in [-0.2, 0) is 27.2 Å². The molecule has 1 aliphatic rings. The predicted molar refractivity (Wildman–Crippen MR) is 97.6 cm³/mol. The lowest BCUT2D eigenvalue weighted by atomic mass is 10.0. The van der Waals surface area contributed by atoms with Gasteiger partial charge in [-0.3, -0.25) is 19.3 Å². The quantitative estimate of drug-likeness (QED) is 0.570. The molecule has 5 amide bonds. The Labute approximate surface area is 153 Å². The number of carbonyl (C=O) groups excluding carboxylic acids is 4. The van der Waals surface area contributed by atoms with Crippen LogP contribution in [0, 0.1) is 0 Å². The summed E-state index contributed by atoms with van der Waals surface area (Å²) in [6, 6.07) is 5.07. The van der Waals surface area contributed by atoms with Gasteiger partial charge in [0.1, 0.15) is 6.54 Å². The Morgan fingerprint density at radius 2 is 1.54 bits per heavy atom. The van der Waals surface area contributed by atoms with Crippen molar-refractivity contribution in [2.75, 3.05) is 18.4 Å². The van der Waals surface area contributed by atoms with Crippen molar-refractivity contribution in [3.05, 3.63) is 29.3 Å². The topological polar surface area (TPSA) is 86.8 Å². The molecule has 1 heterocycles. The van der Waals surface area contributed by atoms with Crippen molar-refractivity contribution >= 4 is 29.4 Å². The maximum atomic E-state index is 12.4. The highest BCUT2D eigenvalue weighted by molar-refractivity contribution is 6.45. The summed E-state index contributed by atoms with van der Waals surface area (Å²) in [6.45, 7) is 5.63. The van der Waals surface area contributed by atoms with Crippen molar-refractivity contribution in [2.45, 2.75) is 46.5 Å². The lowest BCUT2D eigenvalue weighted by molar-refractivity contribution is -0.143. The molecule has 0 saturated carbocycles. The van der Waals surface area contributed by atoms with Crippen molar-refractivity contribution < 1.29 is 19.2 Å². The summed E-state index contributed by atoms with van der Waals surface area (Å²) in [5, 5.41) is 2.81. The number of rotatable bonds is 8. The average Bonchev–Trinajstić information content (AvgIpc) is 2.83. The Kier molecular flexibility index (Phi) is 6.49. The fraction of sp³-hybridized carbons (Fsp3) is 0.474. The number of hydrogen-bond acceptors (Lipinski definition) is 4. The van der Waals surface area contributed by atoms with Gasteiger partial charge >= 0.3 is 17.8 Å². The summed E-state index contributed by atoms with van der Waals surface area (Å²) >= 11 is 0. The fourth-order valence-electron chi connectivity index (χ4n) is 2.93. The molecule has 0 aliphatic carbocycles. The number of anilines is 1. The Balaban J connectivity index is 2.12. The molecule has 26 heavy (non-hydrogen) atoms. The molecule has 0 radical (unpaired) electrons. The van der Waals surface area contributed by atoms with Gasteiger partial charge < -0.3 is 5.32 Å². The molecule has 1 fully saturated rings. The number of para-hydroxylation sites is 1. The van der Waals surface area contributed by atoms with Crippen LogP contribution in [-0.4, -0.2) is 46.6 Å². The van der Waals surface area contributed by atoms with Gasteiger partial charge in [-0.15, -0.1) is 0 Å². The van der Waals surface area contributed by atoms with Crippen molar-refractivity contribution in [2.24, 2.45) is 0 Å². The first-order chi connectivity index (χ1) is 12.4. The zero-order chi connectivity index (χ0) is 19.3. The second-order valence-corrected chi connectivity index (χ2v) is 6.19. The molecule has 7 heteroatoms. The highest BCUT2D eigenvalue weighted by atomic mass is 16.2. The van der Waals surface area contributed by atoms with E-state index in [1.807, 2.05) is 39.0 Å². The summed E-state index contributed by atoms with van der Waals surface area (Å²) < 4.78 is 0. The minimum Gasteiger partial charge on any atom is -0.324 e. The Morgan fingerprint density at radius 3 is 2.08 bits per heavy atom. The van der Waals surface area contributed by atoms with Crippen LogP contribution >= 0.6 is 0 Å². The number of nitrogens with one attached hydrogen (secondary N) is 1. The number of carbonyl (C=O) groups is 4. The third-order valence-corrected chi connectivity index (χ3v) is 4.44. The highest BCUT2D eigenvalue weighted by Crippen LogP contribution is 2.23. The summed E-state index contributed by atoms with van der Waals surface area (Å²) in [5.41, 5.74) is 2.69. The molecule has 0 atom stereocenters. The largest absolute Gasteiger partial charge is 0.334 e. The second kappa shape index (κ2) is 8.60. The normalized spacial score (nSPS) is 14.3. The molecule has 1 saturated heterocycles. The minimum absolute atomic E-state index is 0.191. The molecule has 0 unspecified atom stereocenters. The predicted octanol–water partition coefficient (Wildman–Crippen LogP) is 2.34.